The van der Waals surface area contributed by atoms with E-state index in [0.29, 0.717) is 16.2 Å². The molecule has 0 fully saturated rings. The predicted molar refractivity (Wildman–Crippen MR) is 94.1 cm³/mol. The van der Waals surface area contributed by atoms with Gasteiger partial charge in [-0.3, -0.25) is 14.2 Å². The Bertz CT molecular complexity index is 763. The highest BCUT2D eigenvalue weighted by molar-refractivity contribution is 7.99. The standard InChI is InChI=1S/C16H24N4O2S/c1-6-11(5)20-15(22)14-12(7-10(4)18-14)19-16(20)23-8-13(21)17-9(2)3/h7,9,11,18H,6,8H2,1-5H3,(H,17,21). The van der Waals surface area contributed by atoms with Crippen LogP contribution >= 0.6 is 11.8 Å². The molecule has 0 saturated heterocycles. The number of hydrogen-bond acceptors (Lipinski definition) is 4. The van der Waals surface area contributed by atoms with E-state index in [2.05, 4.69) is 15.3 Å². The fourth-order valence-corrected chi connectivity index (χ4v) is 3.27. The molecule has 2 aromatic rings. The quantitative estimate of drug-likeness (QED) is 0.628. The maximum absolute atomic E-state index is 12.8. The average Bonchev–Trinajstić information content (AvgIpc) is 2.84. The number of nitrogens with one attached hydrogen (secondary N) is 2. The zero-order valence-corrected chi connectivity index (χ0v) is 15.1. The van der Waals surface area contributed by atoms with Crippen molar-refractivity contribution in [2.24, 2.45) is 0 Å². The molecule has 1 atom stereocenters. The number of H-pyrrole nitrogens is 1. The molecule has 0 aromatic carbocycles. The van der Waals surface area contributed by atoms with Gasteiger partial charge < -0.3 is 10.3 Å². The summed E-state index contributed by atoms with van der Waals surface area (Å²) in [6.45, 7) is 9.76. The van der Waals surface area contributed by atoms with Gasteiger partial charge in [-0.1, -0.05) is 18.7 Å². The fourth-order valence-electron chi connectivity index (χ4n) is 2.36. The van der Waals surface area contributed by atoms with Crippen LogP contribution in [-0.4, -0.2) is 32.2 Å². The highest BCUT2D eigenvalue weighted by Gasteiger charge is 2.18. The van der Waals surface area contributed by atoms with E-state index in [9.17, 15) is 9.59 Å². The van der Waals surface area contributed by atoms with Gasteiger partial charge in [0, 0.05) is 17.8 Å². The lowest BCUT2D eigenvalue weighted by molar-refractivity contribution is -0.119. The van der Waals surface area contributed by atoms with Gasteiger partial charge in [-0.15, -0.1) is 0 Å². The molecule has 0 aliphatic heterocycles. The maximum Gasteiger partial charge on any atom is 0.278 e. The van der Waals surface area contributed by atoms with E-state index in [4.69, 9.17) is 0 Å². The number of hydrogen-bond donors (Lipinski definition) is 2. The molecule has 6 nitrogen and oxygen atoms in total. The van der Waals surface area contributed by atoms with Gasteiger partial charge in [0.05, 0.1) is 11.3 Å². The summed E-state index contributed by atoms with van der Waals surface area (Å²) >= 11 is 1.31. The van der Waals surface area contributed by atoms with Gasteiger partial charge in [-0.2, -0.15) is 0 Å². The number of aromatic amines is 1. The van der Waals surface area contributed by atoms with E-state index >= 15 is 0 Å². The topological polar surface area (TPSA) is 79.8 Å². The number of thioether (sulfide) groups is 1. The van der Waals surface area contributed by atoms with Crippen LogP contribution in [0.3, 0.4) is 0 Å². The van der Waals surface area contributed by atoms with Gasteiger partial charge in [-0.05, 0) is 40.2 Å². The summed E-state index contributed by atoms with van der Waals surface area (Å²) in [5.74, 6) is 0.191. The van der Waals surface area contributed by atoms with E-state index in [-0.39, 0.29) is 29.3 Å². The van der Waals surface area contributed by atoms with Crippen LogP contribution in [0.4, 0.5) is 0 Å². The zero-order valence-electron chi connectivity index (χ0n) is 14.3. The van der Waals surface area contributed by atoms with Crippen LogP contribution < -0.4 is 10.9 Å². The first kappa shape index (κ1) is 17.6. The van der Waals surface area contributed by atoms with Crippen molar-refractivity contribution in [1.82, 2.24) is 19.9 Å². The summed E-state index contributed by atoms with van der Waals surface area (Å²) < 4.78 is 1.69. The average molecular weight is 336 g/mol. The molecule has 0 aliphatic carbocycles. The van der Waals surface area contributed by atoms with Crippen molar-refractivity contribution >= 4 is 28.7 Å². The van der Waals surface area contributed by atoms with Gasteiger partial charge in [0.2, 0.25) is 5.91 Å². The number of rotatable bonds is 6. The summed E-state index contributed by atoms with van der Waals surface area (Å²) in [6.07, 6.45) is 0.818. The third kappa shape index (κ3) is 3.96. The van der Waals surface area contributed by atoms with Gasteiger partial charge in [0.15, 0.2) is 5.16 Å². The van der Waals surface area contributed by atoms with Crippen LogP contribution in [0.2, 0.25) is 0 Å². The Kier molecular flexibility index (Phi) is 5.51. The number of aryl methyl sites for hydroxylation is 1. The number of aromatic nitrogens is 3. The van der Waals surface area contributed by atoms with Gasteiger partial charge in [0.1, 0.15) is 5.52 Å². The molecule has 126 valence electrons. The molecule has 2 aromatic heterocycles. The Labute approximate surface area is 140 Å². The molecule has 2 heterocycles. The van der Waals surface area contributed by atoms with Crippen LogP contribution in [0, 0.1) is 6.92 Å². The summed E-state index contributed by atoms with van der Waals surface area (Å²) in [6, 6.07) is 1.98. The third-order valence-corrected chi connectivity index (χ3v) is 4.55. The van der Waals surface area contributed by atoms with Crippen LogP contribution in [0.5, 0.6) is 0 Å². The molecule has 0 bridgehead atoms. The monoisotopic (exact) mass is 336 g/mol. The lowest BCUT2D eigenvalue weighted by Gasteiger charge is -2.17. The van der Waals surface area contributed by atoms with Crippen LogP contribution in [-0.2, 0) is 4.79 Å². The Morgan fingerprint density at radius 2 is 2.13 bits per heavy atom. The smallest absolute Gasteiger partial charge is 0.278 e. The molecule has 0 spiro atoms. The first-order valence-corrected chi connectivity index (χ1v) is 8.86. The third-order valence-electron chi connectivity index (χ3n) is 3.60. The highest BCUT2D eigenvalue weighted by atomic mass is 32.2. The molecular weight excluding hydrogens is 312 g/mol. The second-order valence-electron chi connectivity index (χ2n) is 6.05. The minimum Gasteiger partial charge on any atom is -0.353 e. The van der Waals surface area contributed by atoms with Crippen molar-refractivity contribution in [3.8, 4) is 0 Å². The van der Waals surface area contributed by atoms with Crippen molar-refractivity contribution in [3.05, 3.63) is 22.1 Å². The number of amides is 1. The second-order valence-corrected chi connectivity index (χ2v) is 6.99. The number of fused-ring (bicyclic) bond motifs is 1. The van der Waals surface area contributed by atoms with Crippen LogP contribution in [0.15, 0.2) is 16.0 Å². The summed E-state index contributed by atoms with van der Waals surface area (Å²) in [4.78, 5) is 32.3. The van der Waals surface area contributed by atoms with Gasteiger partial charge in [0.25, 0.3) is 5.56 Å². The molecule has 1 unspecified atom stereocenters. The molecule has 1 amide bonds. The summed E-state index contributed by atoms with van der Waals surface area (Å²) in [5.41, 5.74) is 2.00. The van der Waals surface area contributed by atoms with Crippen molar-refractivity contribution in [2.75, 3.05) is 5.75 Å². The Balaban J connectivity index is 2.40. The number of carbonyl (C=O) groups excluding carboxylic acids is 1. The Morgan fingerprint density at radius 3 is 2.74 bits per heavy atom. The van der Waals surface area contributed by atoms with E-state index in [1.807, 2.05) is 40.7 Å². The number of nitrogens with zero attached hydrogens (tertiary/aromatic N) is 2. The fraction of sp³-hybridized carbons (Fsp3) is 0.562. The Hall–Kier alpha value is -1.76. The minimum atomic E-state index is -0.0794. The van der Waals surface area contributed by atoms with E-state index < -0.39 is 0 Å². The first-order chi connectivity index (χ1) is 10.8. The van der Waals surface area contributed by atoms with Crippen molar-refractivity contribution < 1.29 is 4.79 Å². The first-order valence-electron chi connectivity index (χ1n) is 7.87. The maximum atomic E-state index is 12.8. The minimum absolute atomic E-state index is 0.0265. The number of carbonyl (C=O) groups is 1. The normalized spacial score (nSPS) is 12.8. The zero-order chi connectivity index (χ0) is 17.1. The molecule has 7 heteroatoms. The van der Waals surface area contributed by atoms with E-state index in [1.165, 1.54) is 11.8 Å². The summed E-state index contributed by atoms with van der Waals surface area (Å²) in [5, 5.41) is 3.44. The van der Waals surface area contributed by atoms with E-state index in [1.54, 1.807) is 4.57 Å². The Morgan fingerprint density at radius 1 is 1.43 bits per heavy atom. The molecule has 2 N–H and O–H groups in total. The molecule has 0 radical (unpaired) electrons. The lowest BCUT2D eigenvalue weighted by Crippen LogP contribution is -2.32. The molecule has 0 saturated carbocycles. The molecular formula is C16H24N4O2S. The van der Waals surface area contributed by atoms with Crippen molar-refractivity contribution in [2.45, 2.75) is 58.3 Å². The SMILES string of the molecule is CCC(C)n1c(SCC(=O)NC(C)C)nc2cc(C)[nH]c2c1=O. The lowest BCUT2D eigenvalue weighted by atomic mass is 10.2. The molecule has 2 rings (SSSR count). The second kappa shape index (κ2) is 7.21. The molecule has 23 heavy (non-hydrogen) atoms. The van der Waals surface area contributed by atoms with Crippen molar-refractivity contribution in [3.63, 3.8) is 0 Å². The molecule has 0 aliphatic rings. The van der Waals surface area contributed by atoms with Crippen LogP contribution in [0.1, 0.15) is 45.9 Å². The summed E-state index contributed by atoms with van der Waals surface area (Å²) in [7, 11) is 0. The van der Waals surface area contributed by atoms with Gasteiger partial charge in [-0.25, -0.2) is 4.98 Å². The van der Waals surface area contributed by atoms with E-state index in [0.717, 1.165) is 12.1 Å². The van der Waals surface area contributed by atoms with Gasteiger partial charge >= 0.3 is 0 Å². The largest absolute Gasteiger partial charge is 0.353 e. The highest BCUT2D eigenvalue weighted by Crippen LogP contribution is 2.22. The predicted octanol–water partition coefficient (Wildman–Crippen LogP) is 2.62. The van der Waals surface area contributed by atoms with Crippen molar-refractivity contribution in [1.29, 1.82) is 0 Å². The van der Waals surface area contributed by atoms with Crippen LogP contribution in [0.25, 0.3) is 11.0 Å².